The molecule has 0 aromatic heterocycles. The van der Waals surface area contributed by atoms with E-state index in [1.165, 1.54) is 18.2 Å². The first kappa shape index (κ1) is 15.5. The monoisotopic (exact) mass is 368 g/mol. The summed E-state index contributed by atoms with van der Waals surface area (Å²) in [5.74, 6) is -0.460. The van der Waals surface area contributed by atoms with Crippen molar-refractivity contribution in [1.29, 1.82) is 0 Å². The lowest BCUT2D eigenvalue weighted by Gasteiger charge is -2.07. The number of carbonyl (C=O) groups is 1. The van der Waals surface area contributed by atoms with E-state index in [1.54, 1.807) is 12.1 Å². The third-order valence-electron chi connectivity index (χ3n) is 2.66. The number of amides is 1. The minimum atomic E-state index is -0.591. The van der Waals surface area contributed by atoms with Crippen LogP contribution in [0.3, 0.4) is 0 Å². The Morgan fingerprint density at radius 2 is 1.95 bits per heavy atom. The van der Waals surface area contributed by atoms with E-state index in [-0.39, 0.29) is 16.3 Å². The highest BCUT2D eigenvalue weighted by Gasteiger charge is 2.14. The number of nitrogens with one attached hydrogen (secondary N) is 1. The molecule has 5 nitrogen and oxygen atoms in total. The summed E-state index contributed by atoms with van der Waals surface area (Å²) >= 11 is 9.14. The number of nitro benzene ring substituents is 1. The average molecular weight is 370 g/mol. The van der Waals surface area contributed by atoms with Crippen molar-refractivity contribution in [1.82, 2.24) is 0 Å². The van der Waals surface area contributed by atoms with Crippen LogP contribution < -0.4 is 5.32 Å². The molecular weight excluding hydrogens is 360 g/mol. The number of nitrogens with zero attached hydrogens (tertiary/aromatic N) is 1. The van der Waals surface area contributed by atoms with Gasteiger partial charge in [-0.2, -0.15) is 0 Å². The van der Waals surface area contributed by atoms with Gasteiger partial charge in [-0.3, -0.25) is 14.9 Å². The van der Waals surface area contributed by atoms with Crippen LogP contribution in [0.4, 0.5) is 11.4 Å². The molecule has 1 N–H and O–H groups in total. The molecule has 1 amide bonds. The van der Waals surface area contributed by atoms with Gasteiger partial charge in [-0.05, 0) is 36.8 Å². The van der Waals surface area contributed by atoms with Gasteiger partial charge in [0.15, 0.2) is 0 Å². The highest BCUT2D eigenvalue weighted by atomic mass is 79.9. The molecule has 7 heteroatoms. The van der Waals surface area contributed by atoms with Gasteiger partial charge < -0.3 is 5.32 Å². The summed E-state index contributed by atoms with van der Waals surface area (Å²) in [4.78, 5) is 22.3. The molecule has 2 rings (SSSR count). The Bertz CT molecular complexity index is 714. The van der Waals surface area contributed by atoms with E-state index in [9.17, 15) is 14.9 Å². The van der Waals surface area contributed by atoms with E-state index in [0.717, 1.165) is 10.0 Å². The number of non-ortho nitro benzene ring substituents is 1. The Kier molecular flexibility index (Phi) is 4.59. The molecule has 108 valence electrons. The smallest absolute Gasteiger partial charge is 0.271 e. The molecule has 0 fully saturated rings. The zero-order valence-corrected chi connectivity index (χ0v) is 13.2. The second kappa shape index (κ2) is 6.24. The molecule has 0 saturated carbocycles. The Hall–Kier alpha value is -1.92. The zero-order valence-electron chi connectivity index (χ0n) is 10.9. The highest BCUT2D eigenvalue weighted by molar-refractivity contribution is 9.10. The summed E-state index contributed by atoms with van der Waals surface area (Å²) in [7, 11) is 0. The number of hydrogen-bond acceptors (Lipinski definition) is 3. The van der Waals surface area contributed by atoms with Crippen molar-refractivity contribution in [3.05, 3.63) is 67.1 Å². The lowest BCUT2D eigenvalue weighted by Crippen LogP contribution is -2.12. The molecule has 0 saturated heterocycles. The number of halogens is 2. The molecule has 0 spiro atoms. The van der Waals surface area contributed by atoms with Gasteiger partial charge in [0.05, 0.1) is 4.92 Å². The maximum absolute atomic E-state index is 12.2. The predicted octanol–water partition coefficient (Wildman–Crippen LogP) is 4.57. The molecule has 0 radical (unpaired) electrons. The molecule has 0 bridgehead atoms. The van der Waals surface area contributed by atoms with Gasteiger partial charge in [0.1, 0.15) is 0 Å². The largest absolute Gasteiger partial charge is 0.322 e. The van der Waals surface area contributed by atoms with E-state index in [1.807, 2.05) is 13.0 Å². The summed E-state index contributed by atoms with van der Waals surface area (Å²) < 4.78 is 0.829. The molecule has 0 unspecified atom stereocenters. The Morgan fingerprint density at radius 1 is 1.24 bits per heavy atom. The van der Waals surface area contributed by atoms with Gasteiger partial charge in [-0.25, -0.2) is 0 Å². The number of nitro groups is 1. The number of rotatable bonds is 3. The minimum absolute atomic E-state index is 0.131. The van der Waals surface area contributed by atoms with Crippen LogP contribution in [0.5, 0.6) is 0 Å². The Labute approximate surface area is 134 Å². The fourth-order valence-electron chi connectivity index (χ4n) is 1.82. The first-order valence-corrected chi connectivity index (χ1v) is 7.06. The molecule has 0 aliphatic heterocycles. The predicted molar refractivity (Wildman–Crippen MR) is 84.9 cm³/mol. The normalized spacial score (nSPS) is 10.2. The van der Waals surface area contributed by atoms with Crippen LogP contribution in [0.25, 0.3) is 0 Å². The van der Waals surface area contributed by atoms with Crippen LogP contribution in [0.2, 0.25) is 5.02 Å². The van der Waals surface area contributed by atoms with E-state index in [4.69, 9.17) is 11.6 Å². The van der Waals surface area contributed by atoms with Gasteiger partial charge in [0.25, 0.3) is 11.6 Å². The highest BCUT2D eigenvalue weighted by Crippen LogP contribution is 2.23. The summed E-state index contributed by atoms with van der Waals surface area (Å²) in [5.41, 5.74) is 1.47. The van der Waals surface area contributed by atoms with E-state index < -0.39 is 10.8 Å². The quantitative estimate of drug-likeness (QED) is 0.636. The van der Waals surface area contributed by atoms with Crippen LogP contribution in [-0.2, 0) is 0 Å². The Morgan fingerprint density at radius 3 is 2.57 bits per heavy atom. The standard InChI is InChI=1S/C14H10BrClN2O3/c1-8-2-10(15)6-12(3-8)17-14(19)9-4-11(16)7-13(5-9)18(20)21/h2-7H,1H3,(H,17,19). The van der Waals surface area contributed by atoms with Gasteiger partial charge in [-0.1, -0.05) is 27.5 Å². The molecule has 2 aromatic rings. The number of benzene rings is 2. The summed E-state index contributed by atoms with van der Waals surface area (Å²) in [6, 6.07) is 9.20. The fourth-order valence-corrected chi connectivity index (χ4v) is 2.66. The molecule has 0 aliphatic carbocycles. The van der Waals surface area contributed by atoms with Crippen LogP contribution in [0, 0.1) is 17.0 Å². The van der Waals surface area contributed by atoms with Crippen molar-refractivity contribution in [2.24, 2.45) is 0 Å². The molecule has 21 heavy (non-hydrogen) atoms. The lowest BCUT2D eigenvalue weighted by molar-refractivity contribution is -0.384. The Balaban J connectivity index is 2.30. The topological polar surface area (TPSA) is 72.2 Å². The zero-order chi connectivity index (χ0) is 15.6. The fraction of sp³-hybridized carbons (Fsp3) is 0.0714. The van der Waals surface area contributed by atoms with Gasteiger partial charge in [-0.15, -0.1) is 0 Å². The first-order valence-electron chi connectivity index (χ1n) is 5.88. The molecular formula is C14H10BrClN2O3. The third kappa shape index (κ3) is 4.03. The summed E-state index contributed by atoms with van der Waals surface area (Å²) in [5, 5.41) is 13.6. The van der Waals surface area contributed by atoms with Gasteiger partial charge in [0.2, 0.25) is 0 Å². The number of aryl methyl sites for hydroxylation is 1. The molecule has 0 atom stereocenters. The van der Waals surface area contributed by atoms with Crippen molar-refractivity contribution < 1.29 is 9.72 Å². The second-order valence-electron chi connectivity index (χ2n) is 4.43. The van der Waals surface area contributed by atoms with Gasteiger partial charge >= 0.3 is 0 Å². The summed E-state index contributed by atoms with van der Waals surface area (Å²) in [6.07, 6.45) is 0. The van der Waals surface area contributed by atoms with Crippen molar-refractivity contribution in [2.45, 2.75) is 6.92 Å². The minimum Gasteiger partial charge on any atom is -0.322 e. The lowest BCUT2D eigenvalue weighted by atomic mass is 10.1. The average Bonchev–Trinajstić information content (AvgIpc) is 2.36. The molecule has 0 aliphatic rings. The van der Waals surface area contributed by atoms with Crippen LogP contribution in [0.15, 0.2) is 40.9 Å². The third-order valence-corrected chi connectivity index (χ3v) is 3.33. The van der Waals surface area contributed by atoms with Crippen molar-refractivity contribution in [2.75, 3.05) is 5.32 Å². The van der Waals surface area contributed by atoms with Crippen molar-refractivity contribution in [3.8, 4) is 0 Å². The number of hydrogen-bond donors (Lipinski definition) is 1. The van der Waals surface area contributed by atoms with Crippen LogP contribution >= 0.6 is 27.5 Å². The SMILES string of the molecule is Cc1cc(Br)cc(NC(=O)c2cc(Cl)cc([N+](=O)[O-])c2)c1. The number of anilines is 1. The van der Waals surface area contributed by atoms with Crippen molar-refractivity contribution in [3.63, 3.8) is 0 Å². The maximum atomic E-state index is 12.2. The maximum Gasteiger partial charge on any atom is 0.271 e. The summed E-state index contributed by atoms with van der Waals surface area (Å²) in [6.45, 7) is 1.89. The van der Waals surface area contributed by atoms with E-state index >= 15 is 0 Å². The molecule has 2 aromatic carbocycles. The van der Waals surface area contributed by atoms with Gasteiger partial charge in [0, 0.05) is 32.9 Å². The van der Waals surface area contributed by atoms with E-state index in [0.29, 0.717) is 5.69 Å². The first-order chi connectivity index (χ1) is 9.85. The van der Waals surface area contributed by atoms with Crippen LogP contribution in [0.1, 0.15) is 15.9 Å². The van der Waals surface area contributed by atoms with Crippen molar-refractivity contribution >= 4 is 44.8 Å². The number of carbonyl (C=O) groups excluding carboxylic acids is 1. The van der Waals surface area contributed by atoms with E-state index in [2.05, 4.69) is 21.2 Å². The second-order valence-corrected chi connectivity index (χ2v) is 5.78. The molecule has 0 heterocycles. The van der Waals surface area contributed by atoms with Crippen LogP contribution in [-0.4, -0.2) is 10.8 Å².